The van der Waals surface area contributed by atoms with Crippen molar-refractivity contribution in [3.05, 3.63) is 59.4 Å². The molecular formula is C37H49FN8O5. The first-order chi connectivity index (χ1) is 24.4. The highest BCUT2D eigenvalue weighted by Crippen LogP contribution is 2.34. The molecule has 0 aliphatic carbocycles. The van der Waals surface area contributed by atoms with Crippen LogP contribution in [-0.4, -0.2) is 110 Å². The van der Waals surface area contributed by atoms with Crippen molar-refractivity contribution in [1.29, 1.82) is 0 Å². The minimum absolute atomic E-state index is 0.00584. The zero-order valence-electron chi connectivity index (χ0n) is 30.5. The average molecular weight is 705 g/mol. The van der Waals surface area contributed by atoms with Gasteiger partial charge in [0.25, 0.3) is 11.8 Å². The first kappa shape index (κ1) is 36.2. The van der Waals surface area contributed by atoms with Crippen LogP contribution in [-0.2, 0) is 17.7 Å². The number of hydrogen-bond acceptors (Lipinski definition) is 11. The number of halogens is 1. The Morgan fingerprint density at radius 1 is 1.06 bits per heavy atom. The number of nitrogens with zero attached hydrogens (tertiary/aromatic N) is 8. The number of pyridine rings is 1. The Morgan fingerprint density at radius 2 is 1.82 bits per heavy atom. The average Bonchev–Trinajstić information content (AvgIpc) is 3.07. The molecule has 1 aromatic carbocycles. The third-order valence-electron chi connectivity index (χ3n) is 9.48. The fraction of sp³-hybridized carbons (Fsp3) is 0.568. The third kappa shape index (κ3) is 8.66. The van der Waals surface area contributed by atoms with Gasteiger partial charge >= 0.3 is 6.09 Å². The van der Waals surface area contributed by atoms with E-state index in [0.29, 0.717) is 44.5 Å². The quantitative estimate of drug-likeness (QED) is 0.272. The van der Waals surface area contributed by atoms with Crippen LogP contribution in [0.5, 0.6) is 17.4 Å². The molecule has 0 N–H and O–H groups in total. The smallest absolute Gasteiger partial charge is 0.410 e. The Hall–Kier alpha value is -4.59. The van der Waals surface area contributed by atoms with Crippen molar-refractivity contribution < 1.29 is 28.2 Å². The summed E-state index contributed by atoms with van der Waals surface area (Å²) in [5.41, 5.74) is 1.83. The third-order valence-corrected chi connectivity index (χ3v) is 9.48. The van der Waals surface area contributed by atoms with Crippen LogP contribution < -0.4 is 14.4 Å². The van der Waals surface area contributed by atoms with E-state index >= 15 is 0 Å². The molecule has 6 rings (SSSR count). The summed E-state index contributed by atoms with van der Waals surface area (Å²) in [6.45, 7) is 17.1. The van der Waals surface area contributed by atoms with Crippen molar-refractivity contribution in [2.45, 2.75) is 85.1 Å². The van der Waals surface area contributed by atoms with Gasteiger partial charge in [0, 0.05) is 101 Å². The normalized spacial score (nSPS) is 17.2. The summed E-state index contributed by atoms with van der Waals surface area (Å²) in [4.78, 5) is 42.8. The lowest BCUT2D eigenvalue weighted by atomic mass is 9.97. The summed E-state index contributed by atoms with van der Waals surface area (Å²) in [6, 6.07) is 5.78. The molecule has 3 aliphatic heterocycles. The number of carbonyl (C=O) groups excluding carboxylic acids is 2. The molecule has 2 amide bonds. The molecule has 0 radical (unpaired) electrons. The summed E-state index contributed by atoms with van der Waals surface area (Å²) in [7, 11) is 0. The number of aromatic nitrogens is 4. The predicted molar refractivity (Wildman–Crippen MR) is 189 cm³/mol. The number of benzene rings is 1. The Kier molecular flexibility index (Phi) is 10.9. The second-order valence-electron chi connectivity index (χ2n) is 14.8. The van der Waals surface area contributed by atoms with E-state index in [1.165, 1.54) is 24.5 Å². The molecule has 2 aromatic heterocycles. The first-order valence-electron chi connectivity index (χ1n) is 17.9. The maximum Gasteiger partial charge on any atom is 0.410 e. The van der Waals surface area contributed by atoms with Crippen LogP contribution in [0.2, 0.25) is 0 Å². The van der Waals surface area contributed by atoms with Crippen LogP contribution in [0, 0.1) is 11.7 Å². The number of ether oxygens (including phenoxy) is 3. The van der Waals surface area contributed by atoms with Gasteiger partial charge in [-0.1, -0.05) is 0 Å². The van der Waals surface area contributed by atoms with E-state index in [-0.39, 0.29) is 41.3 Å². The molecule has 2 fully saturated rings. The summed E-state index contributed by atoms with van der Waals surface area (Å²) in [5, 5.41) is 8.15. The SMILES string of the molecule is CCN(C(=O)c1cc(F)ccc1Oc1nncnc1N1CCC(Oc2ccnc3c2CN(CC2CN(C(=O)OC(C)(C)C)C2)CC3)CC1)C(C)C. The van der Waals surface area contributed by atoms with Crippen LogP contribution in [0.4, 0.5) is 15.0 Å². The molecular weight excluding hydrogens is 655 g/mol. The topological polar surface area (TPSA) is 126 Å². The molecule has 0 unspecified atom stereocenters. The number of carbonyl (C=O) groups is 2. The highest BCUT2D eigenvalue weighted by molar-refractivity contribution is 5.97. The monoisotopic (exact) mass is 704 g/mol. The lowest BCUT2D eigenvalue weighted by Gasteiger charge is -2.42. The van der Waals surface area contributed by atoms with Crippen molar-refractivity contribution in [2.75, 3.05) is 50.7 Å². The maximum absolute atomic E-state index is 14.3. The van der Waals surface area contributed by atoms with Crippen molar-refractivity contribution in [2.24, 2.45) is 5.92 Å². The van der Waals surface area contributed by atoms with Crippen LogP contribution in [0.25, 0.3) is 0 Å². The number of fused-ring (bicyclic) bond motifs is 1. The molecule has 0 saturated carbocycles. The number of piperidine rings is 1. The molecule has 13 nitrogen and oxygen atoms in total. The number of likely N-dealkylation sites (tertiary alicyclic amines) is 1. The van der Waals surface area contributed by atoms with Crippen molar-refractivity contribution in [3.8, 4) is 17.4 Å². The highest BCUT2D eigenvalue weighted by atomic mass is 19.1. The predicted octanol–water partition coefficient (Wildman–Crippen LogP) is 5.34. The second-order valence-corrected chi connectivity index (χ2v) is 14.8. The van der Waals surface area contributed by atoms with E-state index in [1.54, 1.807) is 9.80 Å². The molecule has 14 heteroatoms. The Labute approximate surface area is 299 Å². The number of amides is 2. The van der Waals surface area contributed by atoms with Gasteiger partial charge in [-0.05, 0) is 65.8 Å². The van der Waals surface area contributed by atoms with Gasteiger partial charge in [-0.25, -0.2) is 14.2 Å². The van der Waals surface area contributed by atoms with Crippen molar-refractivity contribution in [3.63, 3.8) is 0 Å². The molecule has 3 aromatic rings. The Morgan fingerprint density at radius 3 is 2.53 bits per heavy atom. The van der Waals surface area contributed by atoms with Crippen LogP contribution >= 0.6 is 0 Å². The van der Waals surface area contributed by atoms with Gasteiger partial charge in [-0.2, -0.15) is 0 Å². The highest BCUT2D eigenvalue weighted by Gasteiger charge is 2.36. The standard InChI is InChI=1S/C37H49FN8O5/c1-7-46(24(2)3)35(47)28-18-26(38)8-9-31(28)50-34-33(40-23-41-42-34)44-16-11-27(12-17-44)49-32-10-14-39-30-13-15-43(22-29(30)32)19-25-20-45(21-25)36(48)51-37(4,5)6/h8-10,14,18,23-25,27H,7,11-13,15-17,19-22H2,1-6H3. The van der Waals surface area contributed by atoms with Gasteiger partial charge in [0.2, 0.25) is 0 Å². The minimum atomic E-state index is -0.529. The van der Waals surface area contributed by atoms with Gasteiger partial charge in [-0.15, -0.1) is 10.2 Å². The second kappa shape index (κ2) is 15.3. The molecule has 2 saturated heterocycles. The Balaban J connectivity index is 1.06. The molecule has 3 aliphatic rings. The summed E-state index contributed by atoms with van der Waals surface area (Å²) in [6.07, 6.45) is 5.29. The van der Waals surface area contributed by atoms with E-state index < -0.39 is 11.4 Å². The van der Waals surface area contributed by atoms with Crippen LogP contribution in [0.15, 0.2) is 36.8 Å². The van der Waals surface area contributed by atoms with E-state index in [1.807, 2.05) is 53.8 Å². The molecule has 5 heterocycles. The van der Waals surface area contributed by atoms with E-state index in [2.05, 4.69) is 30.0 Å². The zero-order valence-corrected chi connectivity index (χ0v) is 30.5. The van der Waals surface area contributed by atoms with E-state index in [4.69, 9.17) is 14.2 Å². The van der Waals surface area contributed by atoms with Crippen molar-refractivity contribution in [1.82, 2.24) is 34.9 Å². The first-order valence-corrected chi connectivity index (χ1v) is 17.9. The van der Waals surface area contributed by atoms with Crippen LogP contribution in [0.3, 0.4) is 0 Å². The van der Waals surface area contributed by atoms with Crippen LogP contribution in [0.1, 0.15) is 76.0 Å². The molecule has 0 spiro atoms. The number of rotatable bonds is 10. The van der Waals surface area contributed by atoms with E-state index in [9.17, 15) is 14.0 Å². The molecule has 0 bridgehead atoms. The largest absolute Gasteiger partial charge is 0.490 e. The minimum Gasteiger partial charge on any atom is -0.490 e. The van der Waals surface area contributed by atoms with Gasteiger partial charge in [0.05, 0.1) is 5.56 Å². The lowest BCUT2D eigenvalue weighted by Crippen LogP contribution is -2.55. The number of anilines is 1. The van der Waals surface area contributed by atoms with Gasteiger partial charge < -0.3 is 28.9 Å². The Bertz CT molecular complexity index is 1700. The molecule has 51 heavy (non-hydrogen) atoms. The summed E-state index contributed by atoms with van der Waals surface area (Å²) >= 11 is 0. The fourth-order valence-electron chi connectivity index (χ4n) is 6.93. The van der Waals surface area contributed by atoms with Gasteiger partial charge in [0.1, 0.15) is 35.3 Å². The summed E-state index contributed by atoms with van der Waals surface area (Å²) < 4.78 is 32.6. The van der Waals surface area contributed by atoms with E-state index in [0.717, 1.165) is 55.9 Å². The van der Waals surface area contributed by atoms with Crippen molar-refractivity contribution >= 4 is 17.8 Å². The maximum atomic E-state index is 14.3. The number of hydrogen-bond donors (Lipinski definition) is 0. The molecule has 274 valence electrons. The molecule has 0 atom stereocenters. The van der Waals surface area contributed by atoms with Gasteiger partial charge in [0.15, 0.2) is 5.82 Å². The zero-order chi connectivity index (χ0) is 36.3. The summed E-state index contributed by atoms with van der Waals surface area (Å²) in [5.74, 6) is 1.27. The lowest BCUT2D eigenvalue weighted by molar-refractivity contribution is -0.00716. The van der Waals surface area contributed by atoms with Gasteiger partial charge in [-0.3, -0.25) is 14.7 Å². The fourth-order valence-corrected chi connectivity index (χ4v) is 6.93.